The van der Waals surface area contributed by atoms with Crippen molar-refractivity contribution < 1.29 is 9.53 Å². The molecule has 0 saturated heterocycles. The third kappa shape index (κ3) is 4.38. The SMILES string of the molecule is COc1cccc(C(=O)N/C(=C(/C#N)c2ccccc2C)C(C)(C)C)c1C. The number of benzene rings is 2. The van der Waals surface area contributed by atoms with Crippen LogP contribution in [0.3, 0.4) is 0 Å². The summed E-state index contributed by atoms with van der Waals surface area (Å²) in [5.74, 6) is 0.404. The van der Waals surface area contributed by atoms with Gasteiger partial charge in [-0.2, -0.15) is 5.26 Å². The van der Waals surface area contributed by atoms with Crippen molar-refractivity contribution in [1.29, 1.82) is 5.26 Å². The van der Waals surface area contributed by atoms with E-state index in [0.717, 1.165) is 16.7 Å². The number of amides is 1. The fourth-order valence-electron chi connectivity index (χ4n) is 2.99. The lowest BCUT2D eigenvalue weighted by molar-refractivity contribution is 0.0957. The van der Waals surface area contributed by atoms with E-state index in [2.05, 4.69) is 11.4 Å². The lowest BCUT2D eigenvalue weighted by Gasteiger charge is -2.26. The minimum absolute atomic E-state index is 0.252. The molecule has 0 fully saturated rings. The first kappa shape index (κ1) is 20.3. The van der Waals surface area contributed by atoms with E-state index in [9.17, 15) is 10.1 Å². The van der Waals surface area contributed by atoms with Crippen molar-refractivity contribution in [2.45, 2.75) is 34.6 Å². The summed E-state index contributed by atoms with van der Waals surface area (Å²) in [6.07, 6.45) is 0. The Morgan fingerprint density at radius 1 is 1.04 bits per heavy atom. The van der Waals surface area contributed by atoms with Gasteiger partial charge in [0, 0.05) is 22.2 Å². The molecule has 2 aromatic carbocycles. The van der Waals surface area contributed by atoms with Crippen molar-refractivity contribution in [2.24, 2.45) is 5.41 Å². The zero-order valence-corrected chi connectivity index (χ0v) is 16.8. The van der Waals surface area contributed by atoms with Crippen LogP contribution in [0.5, 0.6) is 5.75 Å². The van der Waals surface area contributed by atoms with E-state index in [1.165, 1.54) is 0 Å². The summed E-state index contributed by atoms with van der Waals surface area (Å²) in [4.78, 5) is 13.0. The first-order chi connectivity index (χ1) is 12.7. The van der Waals surface area contributed by atoms with E-state index < -0.39 is 5.41 Å². The molecule has 2 aromatic rings. The minimum Gasteiger partial charge on any atom is -0.496 e. The van der Waals surface area contributed by atoms with Crippen molar-refractivity contribution in [3.63, 3.8) is 0 Å². The standard InChI is InChI=1S/C23H26N2O2/c1-15-10-7-8-11-17(15)19(14-24)21(23(3,4)5)25-22(26)18-12-9-13-20(27-6)16(18)2/h7-13H,1-6H3,(H,25,26)/b21-19-. The first-order valence-electron chi connectivity index (χ1n) is 8.86. The van der Waals surface area contributed by atoms with Gasteiger partial charge in [0.15, 0.2) is 0 Å². The predicted octanol–water partition coefficient (Wildman–Crippen LogP) is 5.02. The van der Waals surface area contributed by atoms with Gasteiger partial charge in [0.1, 0.15) is 11.8 Å². The number of aryl methyl sites for hydroxylation is 1. The molecule has 0 saturated carbocycles. The van der Waals surface area contributed by atoms with E-state index in [4.69, 9.17) is 4.74 Å². The van der Waals surface area contributed by atoms with Crippen LogP contribution in [0.25, 0.3) is 5.57 Å². The Bertz CT molecular complexity index is 928. The van der Waals surface area contributed by atoms with Gasteiger partial charge in [0.05, 0.1) is 12.7 Å². The molecule has 0 unspecified atom stereocenters. The summed E-state index contributed by atoms with van der Waals surface area (Å²) in [5, 5.41) is 12.9. The quantitative estimate of drug-likeness (QED) is 0.777. The van der Waals surface area contributed by atoms with Gasteiger partial charge in [-0.3, -0.25) is 4.79 Å². The van der Waals surface area contributed by atoms with Crippen LogP contribution in [-0.2, 0) is 0 Å². The third-order valence-electron chi connectivity index (χ3n) is 4.51. The Morgan fingerprint density at radius 2 is 1.67 bits per heavy atom. The fraction of sp³-hybridized carbons (Fsp3) is 0.304. The summed E-state index contributed by atoms with van der Waals surface area (Å²) in [6.45, 7) is 9.76. The Kier molecular flexibility index (Phi) is 6.07. The average Bonchev–Trinajstić information content (AvgIpc) is 2.62. The number of nitriles is 1. The maximum atomic E-state index is 13.0. The smallest absolute Gasteiger partial charge is 0.255 e. The van der Waals surface area contributed by atoms with E-state index >= 15 is 0 Å². The van der Waals surface area contributed by atoms with Gasteiger partial charge in [-0.25, -0.2) is 0 Å². The highest BCUT2D eigenvalue weighted by Crippen LogP contribution is 2.32. The van der Waals surface area contributed by atoms with E-state index in [1.54, 1.807) is 19.2 Å². The van der Waals surface area contributed by atoms with Gasteiger partial charge >= 0.3 is 0 Å². The van der Waals surface area contributed by atoms with Crippen LogP contribution in [0.2, 0.25) is 0 Å². The van der Waals surface area contributed by atoms with Crippen molar-refractivity contribution >= 4 is 11.5 Å². The number of ether oxygens (including phenoxy) is 1. The highest BCUT2D eigenvalue weighted by molar-refractivity contribution is 5.99. The van der Waals surface area contributed by atoms with Crippen molar-refractivity contribution in [3.05, 3.63) is 70.4 Å². The summed E-state index contributed by atoms with van der Waals surface area (Å²) < 4.78 is 5.32. The van der Waals surface area contributed by atoms with Crippen molar-refractivity contribution in [2.75, 3.05) is 7.11 Å². The fourth-order valence-corrected chi connectivity index (χ4v) is 2.99. The molecule has 2 rings (SSSR count). The van der Waals surface area contributed by atoms with Crippen LogP contribution in [0.1, 0.15) is 47.8 Å². The number of nitrogens with zero attached hydrogens (tertiary/aromatic N) is 1. The van der Waals surface area contributed by atoms with E-state index in [1.807, 2.05) is 65.0 Å². The summed E-state index contributed by atoms with van der Waals surface area (Å²) >= 11 is 0. The van der Waals surface area contributed by atoms with Crippen molar-refractivity contribution in [1.82, 2.24) is 5.32 Å². The van der Waals surface area contributed by atoms with Crippen LogP contribution in [0, 0.1) is 30.6 Å². The molecule has 0 atom stereocenters. The maximum absolute atomic E-state index is 13.0. The van der Waals surface area contributed by atoms with Gasteiger partial charge in [-0.1, -0.05) is 51.1 Å². The molecule has 0 bridgehead atoms. The number of rotatable bonds is 4. The van der Waals surface area contributed by atoms with Gasteiger partial charge in [0.25, 0.3) is 5.91 Å². The molecule has 4 heteroatoms. The molecule has 1 amide bonds. The molecule has 0 aromatic heterocycles. The second kappa shape index (κ2) is 8.09. The van der Waals surface area contributed by atoms with Gasteiger partial charge in [-0.05, 0) is 37.1 Å². The lowest BCUT2D eigenvalue weighted by Crippen LogP contribution is -2.31. The Labute approximate surface area is 161 Å². The number of hydrogen-bond acceptors (Lipinski definition) is 3. The molecule has 0 aliphatic carbocycles. The largest absolute Gasteiger partial charge is 0.496 e. The monoisotopic (exact) mass is 362 g/mol. The molecular formula is C23H26N2O2. The van der Waals surface area contributed by atoms with Gasteiger partial charge in [-0.15, -0.1) is 0 Å². The van der Waals surface area contributed by atoms with Crippen LogP contribution in [-0.4, -0.2) is 13.0 Å². The predicted molar refractivity (Wildman–Crippen MR) is 108 cm³/mol. The maximum Gasteiger partial charge on any atom is 0.255 e. The zero-order valence-electron chi connectivity index (χ0n) is 16.8. The number of hydrogen-bond donors (Lipinski definition) is 1. The lowest BCUT2D eigenvalue weighted by atomic mass is 9.85. The van der Waals surface area contributed by atoms with Gasteiger partial charge in [0.2, 0.25) is 0 Å². The highest BCUT2D eigenvalue weighted by Gasteiger charge is 2.26. The first-order valence-corrected chi connectivity index (χ1v) is 8.86. The Morgan fingerprint density at radius 3 is 2.22 bits per heavy atom. The summed E-state index contributed by atoms with van der Waals surface area (Å²) in [6, 6.07) is 15.4. The number of nitrogens with one attached hydrogen (secondary N) is 1. The molecule has 27 heavy (non-hydrogen) atoms. The topological polar surface area (TPSA) is 62.1 Å². The number of carbonyl (C=O) groups excluding carboxylic acids is 1. The van der Waals surface area contributed by atoms with Crippen LogP contribution < -0.4 is 10.1 Å². The molecule has 0 aliphatic heterocycles. The van der Waals surface area contributed by atoms with Crippen LogP contribution >= 0.6 is 0 Å². The Balaban J connectivity index is 2.58. The molecule has 4 nitrogen and oxygen atoms in total. The third-order valence-corrected chi connectivity index (χ3v) is 4.51. The molecule has 0 radical (unpaired) electrons. The second-order valence-electron chi connectivity index (χ2n) is 7.51. The summed E-state index contributed by atoms with van der Waals surface area (Å²) in [7, 11) is 1.58. The molecule has 140 valence electrons. The second-order valence-corrected chi connectivity index (χ2v) is 7.51. The molecule has 0 spiro atoms. The number of allylic oxidation sites excluding steroid dienone is 2. The number of methoxy groups -OCH3 is 1. The van der Waals surface area contributed by atoms with E-state index in [-0.39, 0.29) is 5.91 Å². The molecular weight excluding hydrogens is 336 g/mol. The number of carbonyl (C=O) groups is 1. The zero-order chi connectivity index (χ0) is 20.2. The minimum atomic E-state index is -0.421. The Hall–Kier alpha value is -3.06. The van der Waals surface area contributed by atoms with Crippen LogP contribution in [0.15, 0.2) is 48.2 Å². The normalized spacial score (nSPS) is 12.0. The van der Waals surface area contributed by atoms with Gasteiger partial charge < -0.3 is 10.1 Å². The molecule has 1 N–H and O–H groups in total. The van der Waals surface area contributed by atoms with E-state index in [0.29, 0.717) is 22.6 Å². The molecule has 0 aliphatic rings. The van der Waals surface area contributed by atoms with Crippen LogP contribution in [0.4, 0.5) is 0 Å². The summed E-state index contributed by atoms with van der Waals surface area (Å²) in [5.41, 5.74) is 3.77. The average molecular weight is 362 g/mol. The molecule has 0 heterocycles. The van der Waals surface area contributed by atoms with Crippen molar-refractivity contribution in [3.8, 4) is 11.8 Å². The highest BCUT2D eigenvalue weighted by atomic mass is 16.5.